The lowest BCUT2D eigenvalue weighted by molar-refractivity contribution is -0.135. The molecular formula is C23H24ClN3O4. The number of likely N-dealkylation sites (N-methyl/N-ethyl adjacent to an activating group) is 1. The highest BCUT2D eigenvalue weighted by molar-refractivity contribution is 6.31. The standard InChI is InChI=1S/C23H24ClN3O4/c1-25-22(29)27(13-16-5-3-2-4-6-16)21(28)23(25)7-9-26(10-8-23)14-17-11-19-20(12-18(17)24)31-15-30-19/h2-6,11-12H,7-10,13-15H2,1H3. The summed E-state index contributed by atoms with van der Waals surface area (Å²) in [6.45, 7) is 2.58. The highest BCUT2D eigenvalue weighted by Crippen LogP contribution is 2.39. The second kappa shape index (κ2) is 7.73. The molecule has 3 amide bonds. The number of hydrogen-bond donors (Lipinski definition) is 0. The van der Waals surface area contributed by atoms with Gasteiger partial charge in [0.1, 0.15) is 5.54 Å². The molecule has 5 rings (SSSR count). The van der Waals surface area contributed by atoms with Crippen molar-refractivity contribution in [3.8, 4) is 11.5 Å². The maximum absolute atomic E-state index is 13.3. The summed E-state index contributed by atoms with van der Waals surface area (Å²) in [5, 5.41) is 0.641. The molecule has 1 spiro atoms. The molecule has 2 aromatic carbocycles. The van der Waals surface area contributed by atoms with Crippen LogP contribution in [0.5, 0.6) is 11.5 Å². The van der Waals surface area contributed by atoms with E-state index in [9.17, 15) is 9.59 Å². The second-order valence-corrected chi connectivity index (χ2v) is 8.73. The van der Waals surface area contributed by atoms with Crippen molar-refractivity contribution in [2.24, 2.45) is 0 Å². The Morgan fingerprint density at radius 3 is 2.39 bits per heavy atom. The number of carbonyl (C=O) groups excluding carboxylic acids is 2. The highest BCUT2D eigenvalue weighted by atomic mass is 35.5. The van der Waals surface area contributed by atoms with Crippen molar-refractivity contribution in [2.45, 2.75) is 31.5 Å². The Morgan fingerprint density at radius 1 is 1.00 bits per heavy atom. The number of amides is 3. The molecule has 0 aliphatic carbocycles. The van der Waals surface area contributed by atoms with E-state index in [1.165, 1.54) is 4.90 Å². The maximum Gasteiger partial charge on any atom is 0.327 e. The zero-order valence-corrected chi connectivity index (χ0v) is 18.1. The van der Waals surface area contributed by atoms with Gasteiger partial charge >= 0.3 is 6.03 Å². The van der Waals surface area contributed by atoms with Gasteiger partial charge in [0.2, 0.25) is 6.79 Å². The predicted octanol–water partition coefficient (Wildman–Crippen LogP) is 3.50. The van der Waals surface area contributed by atoms with E-state index in [1.807, 2.05) is 36.4 Å². The molecule has 0 atom stereocenters. The van der Waals surface area contributed by atoms with Crippen LogP contribution >= 0.6 is 11.6 Å². The fraction of sp³-hybridized carbons (Fsp3) is 0.391. The van der Waals surface area contributed by atoms with Crippen LogP contribution in [0.25, 0.3) is 0 Å². The summed E-state index contributed by atoms with van der Waals surface area (Å²) >= 11 is 6.43. The van der Waals surface area contributed by atoms with Gasteiger partial charge in [0, 0.05) is 37.8 Å². The summed E-state index contributed by atoms with van der Waals surface area (Å²) in [6.07, 6.45) is 1.20. The van der Waals surface area contributed by atoms with E-state index in [0.717, 1.165) is 11.1 Å². The molecular weight excluding hydrogens is 418 g/mol. The molecule has 3 heterocycles. The van der Waals surface area contributed by atoms with Gasteiger partial charge in [-0.15, -0.1) is 0 Å². The first-order valence-corrected chi connectivity index (χ1v) is 10.8. The molecule has 3 aliphatic heterocycles. The molecule has 0 saturated carbocycles. The molecule has 0 aromatic heterocycles. The fourth-order valence-corrected chi connectivity index (χ4v) is 4.92. The second-order valence-electron chi connectivity index (χ2n) is 8.32. The van der Waals surface area contributed by atoms with Crippen molar-refractivity contribution in [3.63, 3.8) is 0 Å². The Balaban J connectivity index is 1.28. The van der Waals surface area contributed by atoms with Crippen LogP contribution in [-0.2, 0) is 17.9 Å². The van der Waals surface area contributed by atoms with Crippen molar-refractivity contribution in [2.75, 3.05) is 26.9 Å². The first-order chi connectivity index (χ1) is 15.0. The van der Waals surface area contributed by atoms with E-state index in [2.05, 4.69) is 4.90 Å². The smallest absolute Gasteiger partial charge is 0.327 e. The van der Waals surface area contributed by atoms with Gasteiger partial charge < -0.3 is 14.4 Å². The average Bonchev–Trinajstić information content (AvgIpc) is 3.30. The third-order valence-corrected chi connectivity index (χ3v) is 6.96. The third kappa shape index (κ3) is 3.42. The Labute approximate surface area is 186 Å². The van der Waals surface area contributed by atoms with E-state index >= 15 is 0 Å². The minimum atomic E-state index is -0.763. The molecule has 31 heavy (non-hydrogen) atoms. The molecule has 3 aliphatic rings. The number of nitrogens with zero attached hydrogens (tertiary/aromatic N) is 3. The van der Waals surface area contributed by atoms with Crippen LogP contribution in [0.3, 0.4) is 0 Å². The Kier molecular flexibility index (Phi) is 5.02. The Morgan fingerprint density at radius 2 is 1.68 bits per heavy atom. The quantitative estimate of drug-likeness (QED) is 0.679. The number of benzene rings is 2. The molecule has 0 unspecified atom stereocenters. The molecule has 0 radical (unpaired) electrons. The molecule has 162 valence electrons. The molecule has 0 N–H and O–H groups in total. The topological polar surface area (TPSA) is 62.3 Å². The van der Waals surface area contributed by atoms with Crippen LogP contribution in [0.1, 0.15) is 24.0 Å². The van der Waals surface area contributed by atoms with Gasteiger partial charge in [-0.25, -0.2) is 4.79 Å². The van der Waals surface area contributed by atoms with Gasteiger partial charge in [0.25, 0.3) is 5.91 Å². The molecule has 7 nitrogen and oxygen atoms in total. The van der Waals surface area contributed by atoms with Gasteiger partial charge in [0.15, 0.2) is 11.5 Å². The molecule has 2 saturated heterocycles. The summed E-state index contributed by atoms with van der Waals surface area (Å²) in [5.74, 6) is 1.28. The van der Waals surface area contributed by atoms with Crippen molar-refractivity contribution in [1.29, 1.82) is 0 Å². The van der Waals surface area contributed by atoms with Gasteiger partial charge in [-0.05, 0) is 30.0 Å². The van der Waals surface area contributed by atoms with Crippen molar-refractivity contribution < 1.29 is 19.1 Å². The Hall–Kier alpha value is -2.77. The normalized spacial score (nSPS) is 20.2. The van der Waals surface area contributed by atoms with Gasteiger partial charge in [-0.3, -0.25) is 14.6 Å². The monoisotopic (exact) mass is 441 g/mol. The molecule has 2 aromatic rings. The van der Waals surface area contributed by atoms with Crippen LogP contribution < -0.4 is 9.47 Å². The van der Waals surface area contributed by atoms with E-state index in [1.54, 1.807) is 18.0 Å². The molecule has 0 bridgehead atoms. The van der Waals surface area contributed by atoms with Crippen LogP contribution in [0.2, 0.25) is 5.02 Å². The van der Waals surface area contributed by atoms with Gasteiger partial charge in [-0.2, -0.15) is 0 Å². The maximum atomic E-state index is 13.3. The SMILES string of the molecule is CN1C(=O)N(Cc2ccccc2)C(=O)C12CCN(Cc1cc3c(cc1Cl)OCO3)CC2. The number of urea groups is 1. The minimum Gasteiger partial charge on any atom is -0.454 e. The number of ether oxygens (including phenoxy) is 2. The molecule has 8 heteroatoms. The lowest BCUT2D eigenvalue weighted by Crippen LogP contribution is -2.55. The van der Waals surface area contributed by atoms with Crippen molar-refractivity contribution in [1.82, 2.24) is 14.7 Å². The number of imide groups is 1. The fourth-order valence-electron chi connectivity index (χ4n) is 4.70. The Bertz CT molecular complexity index is 1020. The zero-order chi connectivity index (χ0) is 21.6. The van der Waals surface area contributed by atoms with Crippen molar-refractivity contribution in [3.05, 3.63) is 58.6 Å². The summed E-state index contributed by atoms with van der Waals surface area (Å²) in [7, 11) is 1.75. The van der Waals surface area contributed by atoms with Crippen LogP contribution in [0.4, 0.5) is 4.79 Å². The van der Waals surface area contributed by atoms with E-state index in [-0.39, 0.29) is 18.7 Å². The number of fused-ring (bicyclic) bond motifs is 1. The predicted molar refractivity (Wildman–Crippen MR) is 115 cm³/mol. The first-order valence-electron chi connectivity index (χ1n) is 10.4. The van der Waals surface area contributed by atoms with Crippen LogP contribution in [0.15, 0.2) is 42.5 Å². The van der Waals surface area contributed by atoms with Crippen molar-refractivity contribution >= 4 is 23.5 Å². The summed E-state index contributed by atoms with van der Waals surface area (Å²) in [5.41, 5.74) is 1.15. The summed E-state index contributed by atoms with van der Waals surface area (Å²) in [4.78, 5) is 31.5. The van der Waals surface area contributed by atoms with E-state index in [0.29, 0.717) is 55.5 Å². The number of halogens is 1. The summed E-state index contributed by atoms with van der Waals surface area (Å²) < 4.78 is 10.8. The van der Waals surface area contributed by atoms with Crippen LogP contribution in [-0.4, -0.2) is 59.1 Å². The number of likely N-dealkylation sites (tertiary alicyclic amines) is 1. The van der Waals surface area contributed by atoms with Crippen LogP contribution in [0, 0.1) is 0 Å². The number of rotatable bonds is 4. The van der Waals surface area contributed by atoms with E-state index < -0.39 is 5.54 Å². The van der Waals surface area contributed by atoms with E-state index in [4.69, 9.17) is 21.1 Å². The number of piperidine rings is 1. The lowest BCUT2D eigenvalue weighted by atomic mass is 9.86. The summed E-state index contributed by atoms with van der Waals surface area (Å²) in [6, 6.07) is 13.1. The molecule has 2 fully saturated rings. The average molecular weight is 442 g/mol. The largest absolute Gasteiger partial charge is 0.454 e. The minimum absolute atomic E-state index is 0.0929. The zero-order valence-electron chi connectivity index (χ0n) is 17.3. The number of carbonyl (C=O) groups is 2. The van der Waals surface area contributed by atoms with Gasteiger partial charge in [0.05, 0.1) is 6.54 Å². The highest BCUT2D eigenvalue weighted by Gasteiger charge is 2.56. The van der Waals surface area contributed by atoms with Gasteiger partial charge in [-0.1, -0.05) is 41.9 Å². The third-order valence-electron chi connectivity index (χ3n) is 6.61. The first kappa shape index (κ1) is 20.2. The number of hydrogen-bond acceptors (Lipinski definition) is 5. The lowest BCUT2D eigenvalue weighted by Gasteiger charge is -2.40.